The Hall–Kier alpha value is -10.2. The van der Waals surface area contributed by atoms with Gasteiger partial charge in [-0.15, -0.1) is 0 Å². The molecule has 0 aliphatic carbocycles. The molecule has 0 bridgehead atoms. The zero-order valence-electron chi connectivity index (χ0n) is 40.5. The average Bonchev–Trinajstić information content (AvgIpc) is 4.17. The molecule has 0 spiro atoms. The lowest BCUT2D eigenvalue weighted by atomic mass is 9.98. The molecule has 0 N–H and O–H groups in total. The van der Waals surface area contributed by atoms with Crippen molar-refractivity contribution in [3.8, 4) is 73.7 Å². The van der Waals surface area contributed by atoms with Gasteiger partial charge in [0, 0.05) is 60.3 Å². The van der Waals surface area contributed by atoms with Crippen LogP contribution in [0, 0.1) is 0 Å². The second kappa shape index (κ2) is 17.2. The molecule has 10 aromatic carbocycles. The minimum atomic E-state index is 0.559. The monoisotopic (exact) mass is 957 g/mol. The fourth-order valence-corrected chi connectivity index (χ4v) is 11.4. The molecule has 0 saturated heterocycles. The van der Waals surface area contributed by atoms with Gasteiger partial charge in [-0.05, 0) is 83.9 Å². The third-order valence-corrected chi connectivity index (χ3v) is 14.7. The predicted molar refractivity (Wildman–Crippen MR) is 308 cm³/mol. The SMILES string of the molecule is c1ccc(-c2cc(-c3ccc4c(c3)c3ccccc3n4-c3nc(-c4ccccc4)nc(-c4ccccc4)n3)cc(-c3ccccc3-n3c4ccccc4c4c5c6ccccc6n(-c6ccccc6)c5ccc43)n2)cc1. The molecule has 5 aromatic heterocycles. The van der Waals surface area contributed by atoms with E-state index in [1.807, 2.05) is 60.7 Å². The molecule has 15 aromatic rings. The van der Waals surface area contributed by atoms with Crippen molar-refractivity contribution in [1.29, 1.82) is 0 Å². The molecule has 0 radical (unpaired) electrons. The molecule has 0 aliphatic heterocycles. The maximum absolute atomic E-state index is 5.54. The minimum absolute atomic E-state index is 0.559. The summed E-state index contributed by atoms with van der Waals surface area (Å²) in [5.41, 5.74) is 16.7. The highest BCUT2D eigenvalue weighted by atomic mass is 15.2. The van der Waals surface area contributed by atoms with Crippen LogP contribution in [-0.2, 0) is 0 Å². The molecule has 7 nitrogen and oxygen atoms in total. The molecule has 7 heteroatoms. The highest BCUT2D eigenvalue weighted by Gasteiger charge is 2.24. The topological polar surface area (TPSA) is 66.3 Å². The summed E-state index contributed by atoms with van der Waals surface area (Å²) in [7, 11) is 0. The quantitative estimate of drug-likeness (QED) is 0.152. The zero-order valence-corrected chi connectivity index (χ0v) is 40.5. The first kappa shape index (κ1) is 42.4. The number of pyridine rings is 1. The van der Waals surface area contributed by atoms with Gasteiger partial charge < -0.3 is 9.13 Å². The summed E-state index contributed by atoms with van der Waals surface area (Å²) in [6.07, 6.45) is 0. The Morgan fingerprint density at radius 3 is 1.36 bits per heavy atom. The van der Waals surface area contributed by atoms with E-state index in [1.54, 1.807) is 0 Å². The molecule has 75 heavy (non-hydrogen) atoms. The molecule has 0 unspecified atom stereocenters. The van der Waals surface area contributed by atoms with E-state index in [4.69, 9.17) is 19.9 Å². The molecule has 0 saturated carbocycles. The summed E-state index contributed by atoms with van der Waals surface area (Å²) in [5.74, 6) is 1.79. The van der Waals surface area contributed by atoms with Crippen LogP contribution < -0.4 is 0 Å². The summed E-state index contributed by atoms with van der Waals surface area (Å²) in [4.78, 5) is 20.9. The van der Waals surface area contributed by atoms with Crippen LogP contribution in [0.5, 0.6) is 0 Å². The third kappa shape index (κ3) is 6.90. The largest absolute Gasteiger partial charge is 0.309 e. The molecule has 0 fully saturated rings. The number of rotatable bonds is 8. The van der Waals surface area contributed by atoms with E-state index in [0.29, 0.717) is 17.6 Å². The number of para-hydroxylation sites is 5. The van der Waals surface area contributed by atoms with Crippen molar-refractivity contribution in [1.82, 2.24) is 33.6 Å². The normalized spacial score (nSPS) is 11.7. The number of fused-ring (bicyclic) bond motifs is 10. The Balaban J connectivity index is 0.932. The van der Waals surface area contributed by atoms with Crippen LogP contribution in [0.25, 0.3) is 139 Å². The van der Waals surface area contributed by atoms with Gasteiger partial charge in [0.2, 0.25) is 5.95 Å². The van der Waals surface area contributed by atoms with Gasteiger partial charge in [0.1, 0.15) is 0 Å². The summed E-state index contributed by atoms with van der Waals surface area (Å²) in [6, 6.07) is 92.2. The molecule has 15 rings (SSSR count). The first-order chi connectivity index (χ1) is 37.2. The summed E-state index contributed by atoms with van der Waals surface area (Å²) < 4.78 is 7.02. The van der Waals surface area contributed by atoms with Gasteiger partial charge in [-0.1, -0.05) is 188 Å². The van der Waals surface area contributed by atoms with Gasteiger partial charge in [0.25, 0.3) is 0 Å². The van der Waals surface area contributed by atoms with Crippen LogP contribution in [0.15, 0.2) is 261 Å². The van der Waals surface area contributed by atoms with Crippen LogP contribution in [0.4, 0.5) is 0 Å². The van der Waals surface area contributed by atoms with Gasteiger partial charge in [-0.3, -0.25) is 4.57 Å². The van der Waals surface area contributed by atoms with Crippen molar-refractivity contribution in [2.24, 2.45) is 0 Å². The lowest BCUT2D eigenvalue weighted by Gasteiger charge is -2.16. The van der Waals surface area contributed by atoms with Crippen molar-refractivity contribution in [2.45, 2.75) is 0 Å². The Morgan fingerprint density at radius 1 is 0.253 bits per heavy atom. The standard InChI is InChI=1S/C68H43N7/c1-5-21-44(22-6-1)55-42-48(47-37-38-61-54(41-47)50-29-13-17-33-57(50)75(61)68-71-66(45-23-7-2-8-24-45)70-67(72-68)46-25-9-3-10-26-46)43-56(69-55)51-30-14-18-34-58(51)74-60-36-20-16-32-53(60)65-63(74)40-39-62-64(65)52-31-15-19-35-59(52)73(62)49-27-11-4-12-28-49/h1-43H. The lowest BCUT2D eigenvalue weighted by molar-refractivity contribution is 0.953. The maximum atomic E-state index is 5.54. The smallest absolute Gasteiger partial charge is 0.238 e. The van der Waals surface area contributed by atoms with E-state index in [0.717, 1.165) is 89.0 Å². The van der Waals surface area contributed by atoms with Crippen molar-refractivity contribution < 1.29 is 0 Å². The Labute approximate surface area is 431 Å². The Kier molecular flexibility index (Phi) is 9.75. The fraction of sp³-hybridized carbons (Fsp3) is 0. The lowest BCUT2D eigenvalue weighted by Crippen LogP contribution is -2.06. The van der Waals surface area contributed by atoms with Crippen molar-refractivity contribution in [3.05, 3.63) is 261 Å². The number of benzene rings is 10. The minimum Gasteiger partial charge on any atom is -0.309 e. The molecule has 0 atom stereocenters. The van der Waals surface area contributed by atoms with E-state index >= 15 is 0 Å². The summed E-state index contributed by atoms with van der Waals surface area (Å²) in [5, 5.41) is 7.10. The van der Waals surface area contributed by atoms with Crippen LogP contribution in [0.2, 0.25) is 0 Å². The Bertz CT molecular complexity index is 4630. The zero-order chi connectivity index (χ0) is 49.4. The van der Waals surface area contributed by atoms with Gasteiger partial charge in [-0.2, -0.15) is 9.97 Å². The van der Waals surface area contributed by atoms with Crippen LogP contribution in [0.1, 0.15) is 0 Å². The molecule has 5 heterocycles. The van der Waals surface area contributed by atoms with Gasteiger partial charge in [0.05, 0.1) is 50.2 Å². The van der Waals surface area contributed by atoms with E-state index in [-0.39, 0.29) is 0 Å². The van der Waals surface area contributed by atoms with Crippen LogP contribution >= 0.6 is 0 Å². The van der Waals surface area contributed by atoms with Gasteiger partial charge in [0.15, 0.2) is 11.6 Å². The first-order valence-corrected chi connectivity index (χ1v) is 25.3. The second-order valence-corrected chi connectivity index (χ2v) is 19.0. The molecular formula is C68H43N7. The van der Waals surface area contributed by atoms with Gasteiger partial charge >= 0.3 is 0 Å². The van der Waals surface area contributed by atoms with E-state index in [9.17, 15) is 0 Å². The van der Waals surface area contributed by atoms with Crippen LogP contribution in [-0.4, -0.2) is 33.6 Å². The van der Waals surface area contributed by atoms with Crippen molar-refractivity contribution in [2.75, 3.05) is 0 Å². The van der Waals surface area contributed by atoms with Gasteiger partial charge in [-0.25, -0.2) is 9.97 Å². The van der Waals surface area contributed by atoms with E-state index < -0.39 is 0 Å². The molecule has 0 aliphatic rings. The average molecular weight is 958 g/mol. The number of hydrogen-bond acceptors (Lipinski definition) is 4. The highest BCUT2D eigenvalue weighted by Crippen LogP contribution is 2.44. The first-order valence-electron chi connectivity index (χ1n) is 25.3. The second-order valence-electron chi connectivity index (χ2n) is 19.0. The predicted octanol–water partition coefficient (Wildman–Crippen LogP) is 16.9. The number of aromatic nitrogens is 7. The van der Waals surface area contributed by atoms with Crippen molar-refractivity contribution >= 4 is 65.4 Å². The van der Waals surface area contributed by atoms with E-state index in [1.165, 1.54) is 32.6 Å². The molecule has 0 amide bonds. The number of nitrogens with zero attached hydrogens (tertiary/aromatic N) is 7. The maximum Gasteiger partial charge on any atom is 0.238 e. The summed E-state index contributed by atoms with van der Waals surface area (Å²) in [6.45, 7) is 0. The molecular weight excluding hydrogens is 915 g/mol. The summed E-state index contributed by atoms with van der Waals surface area (Å²) >= 11 is 0. The number of hydrogen-bond donors (Lipinski definition) is 0. The molecule has 350 valence electrons. The van der Waals surface area contributed by atoms with Crippen LogP contribution in [0.3, 0.4) is 0 Å². The Morgan fingerprint density at radius 2 is 0.720 bits per heavy atom. The van der Waals surface area contributed by atoms with E-state index in [2.05, 4.69) is 214 Å². The van der Waals surface area contributed by atoms with Crippen molar-refractivity contribution in [3.63, 3.8) is 0 Å². The fourth-order valence-electron chi connectivity index (χ4n) is 11.4. The highest BCUT2D eigenvalue weighted by molar-refractivity contribution is 6.29. The third-order valence-electron chi connectivity index (χ3n) is 14.7.